The molecule has 2 aromatic carbocycles. The van der Waals surface area contributed by atoms with E-state index in [4.69, 9.17) is 13.9 Å². The summed E-state index contributed by atoms with van der Waals surface area (Å²) in [7, 11) is -2.42. The molecule has 9 heteroatoms. The highest BCUT2D eigenvalue weighted by atomic mass is 32.2. The van der Waals surface area contributed by atoms with Crippen molar-refractivity contribution in [3.63, 3.8) is 0 Å². The molecule has 0 aliphatic rings. The Labute approximate surface area is 179 Å². The quantitative estimate of drug-likeness (QED) is 0.419. The number of carbonyl (C=O) groups excluding carboxylic acids is 1. The molecule has 0 radical (unpaired) electrons. The molecule has 0 saturated heterocycles. The van der Waals surface area contributed by atoms with Gasteiger partial charge in [0.15, 0.2) is 0 Å². The van der Waals surface area contributed by atoms with Crippen LogP contribution in [0.1, 0.15) is 19.4 Å². The average Bonchev–Trinajstić information content (AvgIpc) is 2.75. The molecule has 31 heavy (non-hydrogen) atoms. The molecule has 0 spiro atoms. The van der Waals surface area contributed by atoms with Gasteiger partial charge in [-0.25, -0.2) is 13.2 Å². The van der Waals surface area contributed by atoms with Crippen LogP contribution >= 0.6 is 0 Å². The van der Waals surface area contributed by atoms with Gasteiger partial charge >= 0.3 is 11.6 Å². The number of hydrogen-bond acceptors (Lipinski definition) is 7. The molecule has 1 aromatic heterocycles. The Morgan fingerprint density at radius 1 is 1.10 bits per heavy atom. The van der Waals surface area contributed by atoms with E-state index in [2.05, 4.69) is 4.72 Å². The van der Waals surface area contributed by atoms with Crippen molar-refractivity contribution in [1.29, 1.82) is 0 Å². The first-order valence-corrected chi connectivity index (χ1v) is 11.0. The first-order chi connectivity index (χ1) is 14.7. The largest absolute Gasteiger partial charge is 0.497 e. The van der Waals surface area contributed by atoms with Gasteiger partial charge in [-0.1, -0.05) is 32.0 Å². The highest BCUT2D eigenvalue weighted by Crippen LogP contribution is 2.23. The minimum Gasteiger partial charge on any atom is -0.497 e. The molecule has 0 fully saturated rings. The molecular formula is C22H23NO7S. The average molecular weight is 445 g/mol. The van der Waals surface area contributed by atoms with Gasteiger partial charge in [0.2, 0.25) is 10.0 Å². The van der Waals surface area contributed by atoms with E-state index in [0.717, 1.165) is 0 Å². The second kappa shape index (κ2) is 9.32. The third-order valence-corrected chi connectivity index (χ3v) is 6.12. The molecule has 0 saturated carbocycles. The zero-order valence-corrected chi connectivity index (χ0v) is 18.1. The lowest BCUT2D eigenvalue weighted by atomic mass is 10.1. The number of rotatable bonds is 8. The summed E-state index contributed by atoms with van der Waals surface area (Å²) >= 11 is 0. The monoisotopic (exact) mass is 445 g/mol. The summed E-state index contributed by atoms with van der Waals surface area (Å²) in [6.45, 7) is 3.19. The van der Waals surface area contributed by atoms with E-state index < -0.39 is 27.7 Å². The minimum atomic E-state index is -3.91. The molecule has 164 valence electrons. The van der Waals surface area contributed by atoms with Gasteiger partial charge in [0.1, 0.15) is 24.0 Å². The summed E-state index contributed by atoms with van der Waals surface area (Å²) in [6.07, 6.45) is 0. The Balaban J connectivity index is 1.80. The topological polar surface area (TPSA) is 112 Å². The van der Waals surface area contributed by atoms with Crippen molar-refractivity contribution in [3.8, 4) is 5.75 Å². The van der Waals surface area contributed by atoms with Crippen molar-refractivity contribution in [2.24, 2.45) is 5.92 Å². The number of ether oxygens (including phenoxy) is 2. The number of benzene rings is 2. The van der Waals surface area contributed by atoms with Crippen LogP contribution in [0.25, 0.3) is 11.0 Å². The smallest absolute Gasteiger partial charge is 0.336 e. The maximum absolute atomic E-state index is 12.7. The third-order valence-electron chi connectivity index (χ3n) is 4.66. The van der Waals surface area contributed by atoms with Gasteiger partial charge in [0.05, 0.1) is 12.0 Å². The number of fused-ring (bicyclic) bond motifs is 1. The third kappa shape index (κ3) is 5.31. The Morgan fingerprint density at radius 2 is 1.81 bits per heavy atom. The van der Waals surface area contributed by atoms with E-state index in [1.165, 1.54) is 25.3 Å². The van der Waals surface area contributed by atoms with Crippen LogP contribution in [0.4, 0.5) is 0 Å². The molecule has 3 aromatic rings. The summed E-state index contributed by atoms with van der Waals surface area (Å²) in [5.41, 5.74) is 0.135. The fourth-order valence-electron chi connectivity index (χ4n) is 2.99. The number of carbonyl (C=O) groups is 1. The zero-order valence-electron chi connectivity index (χ0n) is 17.3. The normalized spacial score (nSPS) is 12.6. The highest BCUT2D eigenvalue weighted by Gasteiger charge is 2.29. The summed E-state index contributed by atoms with van der Waals surface area (Å²) in [5.74, 6) is -0.600. The first kappa shape index (κ1) is 22.5. The number of hydrogen-bond donors (Lipinski definition) is 1. The molecule has 3 rings (SSSR count). The molecule has 8 nitrogen and oxygen atoms in total. The Morgan fingerprint density at radius 3 is 2.45 bits per heavy atom. The van der Waals surface area contributed by atoms with Crippen molar-refractivity contribution < 1.29 is 27.1 Å². The van der Waals surface area contributed by atoms with Gasteiger partial charge in [-0.2, -0.15) is 4.72 Å². The van der Waals surface area contributed by atoms with E-state index in [-0.39, 0.29) is 17.4 Å². The maximum Gasteiger partial charge on any atom is 0.336 e. The van der Waals surface area contributed by atoms with Crippen LogP contribution in [-0.2, 0) is 26.2 Å². The summed E-state index contributed by atoms with van der Waals surface area (Å²) < 4.78 is 43.3. The molecule has 1 N–H and O–H groups in total. The summed E-state index contributed by atoms with van der Waals surface area (Å²) in [6, 6.07) is 12.9. The fourth-order valence-corrected chi connectivity index (χ4v) is 4.34. The second-order valence-electron chi connectivity index (χ2n) is 7.22. The fraction of sp³-hybridized carbons (Fsp3) is 0.273. The van der Waals surface area contributed by atoms with Crippen molar-refractivity contribution in [2.75, 3.05) is 7.11 Å². The van der Waals surface area contributed by atoms with Gasteiger partial charge in [-0.05, 0) is 30.2 Å². The lowest BCUT2D eigenvalue weighted by molar-refractivity contribution is -0.148. The molecule has 1 heterocycles. The van der Waals surface area contributed by atoms with Gasteiger partial charge in [0, 0.05) is 23.1 Å². The first-order valence-electron chi connectivity index (χ1n) is 9.56. The van der Waals surface area contributed by atoms with E-state index in [1.54, 1.807) is 50.2 Å². The Kier molecular flexibility index (Phi) is 6.77. The molecule has 0 aliphatic carbocycles. The zero-order chi connectivity index (χ0) is 22.6. The maximum atomic E-state index is 12.7. The molecule has 0 unspecified atom stereocenters. The van der Waals surface area contributed by atoms with Crippen LogP contribution in [0.3, 0.4) is 0 Å². The Bertz CT molecular complexity index is 1230. The number of methoxy groups -OCH3 is 1. The molecule has 0 aliphatic heterocycles. The van der Waals surface area contributed by atoms with E-state index in [0.29, 0.717) is 22.3 Å². The SMILES string of the molecule is COc1ccc2c(COC(=O)[C@@H](NS(=O)(=O)c3ccccc3)C(C)C)cc(=O)oc2c1. The molecule has 1 atom stereocenters. The predicted molar refractivity (Wildman–Crippen MR) is 114 cm³/mol. The number of sulfonamides is 1. The highest BCUT2D eigenvalue weighted by molar-refractivity contribution is 7.89. The van der Waals surface area contributed by atoms with Gasteiger partial charge in [0.25, 0.3) is 0 Å². The van der Waals surface area contributed by atoms with Crippen LogP contribution in [0.5, 0.6) is 5.75 Å². The van der Waals surface area contributed by atoms with Gasteiger partial charge < -0.3 is 13.9 Å². The van der Waals surface area contributed by atoms with Crippen molar-refractivity contribution in [3.05, 3.63) is 70.6 Å². The van der Waals surface area contributed by atoms with Crippen LogP contribution in [0, 0.1) is 5.92 Å². The molecule has 0 amide bonds. The standard InChI is InChI=1S/C22H23NO7S/c1-14(2)21(23-31(26,27)17-7-5-4-6-8-17)22(25)29-13-15-11-20(24)30-19-12-16(28-3)9-10-18(15)19/h4-12,14,21,23H,13H2,1-3H3/t21-/m0/s1. The number of esters is 1. The van der Waals surface area contributed by atoms with E-state index in [1.807, 2.05) is 0 Å². The van der Waals surface area contributed by atoms with Crippen LogP contribution in [-0.4, -0.2) is 27.5 Å². The summed E-state index contributed by atoms with van der Waals surface area (Å²) in [4.78, 5) is 24.7. The molecular weight excluding hydrogens is 422 g/mol. The van der Waals surface area contributed by atoms with E-state index >= 15 is 0 Å². The second-order valence-corrected chi connectivity index (χ2v) is 8.93. The van der Waals surface area contributed by atoms with Gasteiger partial charge in [-0.3, -0.25) is 4.79 Å². The summed E-state index contributed by atoms with van der Waals surface area (Å²) in [5, 5.41) is 0.583. The minimum absolute atomic E-state index is 0.0501. The lowest BCUT2D eigenvalue weighted by Gasteiger charge is -2.21. The predicted octanol–water partition coefficient (Wildman–Crippen LogP) is 2.85. The van der Waals surface area contributed by atoms with Crippen LogP contribution in [0.15, 0.2) is 68.7 Å². The van der Waals surface area contributed by atoms with Crippen LogP contribution in [0.2, 0.25) is 0 Å². The van der Waals surface area contributed by atoms with Crippen molar-refractivity contribution in [2.45, 2.75) is 31.4 Å². The number of nitrogens with one attached hydrogen (secondary N) is 1. The van der Waals surface area contributed by atoms with E-state index in [9.17, 15) is 18.0 Å². The van der Waals surface area contributed by atoms with Gasteiger partial charge in [-0.15, -0.1) is 0 Å². The Hall–Kier alpha value is -3.17. The molecule has 0 bridgehead atoms. The van der Waals surface area contributed by atoms with Crippen LogP contribution < -0.4 is 15.1 Å². The van der Waals surface area contributed by atoms with Crippen molar-refractivity contribution in [1.82, 2.24) is 4.72 Å². The lowest BCUT2D eigenvalue weighted by Crippen LogP contribution is -2.45. The van der Waals surface area contributed by atoms with Crippen molar-refractivity contribution >= 4 is 27.0 Å².